The van der Waals surface area contributed by atoms with Gasteiger partial charge in [-0.2, -0.15) is 5.10 Å². The van der Waals surface area contributed by atoms with Gasteiger partial charge in [0.05, 0.1) is 24.4 Å². The van der Waals surface area contributed by atoms with Gasteiger partial charge in [0.1, 0.15) is 0 Å². The summed E-state index contributed by atoms with van der Waals surface area (Å²) in [4.78, 5) is 25.0. The summed E-state index contributed by atoms with van der Waals surface area (Å²) in [5, 5.41) is 7.32. The molecule has 4 rings (SSSR count). The lowest BCUT2D eigenvalue weighted by atomic mass is 10.1. The van der Waals surface area contributed by atoms with Gasteiger partial charge in [0.2, 0.25) is 0 Å². The number of nitrogens with one attached hydrogen (secondary N) is 1. The Hall–Kier alpha value is -3.16. The van der Waals surface area contributed by atoms with Crippen molar-refractivity contribution in [1.29, 1.82) is 0 Å². The predicted molar refractivity (Wildman–Crippen MR) is 132 cm³/mol. The highest BCUT2D eigenvalue weighted by atomic mass is 35.5. The Morgan fingerprint density at radius 2 is 1.71 bits per heavy atom. The van der Waals surface area contributed by atoms with E-state index in [1.54, 1.807) is 11.6 Å². The summed E-state index contributed by atoms with van der Waals surface area (Å²) in [6.07, 6.45) is 3.54. The third-order valence-corrected chi connectivity index (χ3v) is 6.16. The number of halogens is 1. The lowest BCUT2D eigenvalue weighted by molar-refractivity contribution is -0.142. The maximum absolute atomic E-state index is 13.2. The van der Waals surface area contributed by atoms with Crippen LogP contribution in [0.4, 0.5) is 0 Å². The van der Waals surface area contributed by atoms with Crippen molar-refractivity contribution in [2.45, 2.75) is 39.5 Å². The first-order chi connectivity index (χ1) is 16.5. The minimum atomic E-state index is -0.260. The molecule has 1 N–H and O–H groups in total. The van der Waals surface area contributed by atoms with Crippen molar-refractivity contribution < 1.29 is 14.3 Å². The Morgan fingerprint density at radius 3 is 2.35 bits per heavy atom. The molecule has 1 saturated heterocycles. The lowest BCUT2D eigenvalue weighted by Gasteiger charge is -2.26. The first kappa shape index (κ1) is 24.0. The summed E-state index contributed by atoms with van der Waals surface area (Å²) >= 11 is 6.11. The zero-order chi connectivity index (χ0) is 24.1. The van der Waals surface area contributed by atoms with Crippen LogP contribution in [0.3, 0.4) is 0 Å². The van der Waals surface area contributed by atoms with Gasteiger partial charge in [0.15, 0.2) is 5.69 Å². The molecule has 34 heavy (non-hydrogen) atoms. The molecule has 0 bridgehead atoms. The number of hydrogen-bond donors (Lipinski definition) is 1. The molecule has 3 aromatic rings. The molecule has 1 fully saturated rings. The van der Waals surface area contributed by atoms with Crippen molar-refractivity contribution in [3.63, 3.8) is 0 Å². The summed E-state index contributed by atoms with van der Waals surface area (Å²) in [6.45, 7) is 5.75. The first-order valence-corrected chi connectivity index (χ1v) is 12.0. The van der Waals surface area contributed by atoms with Crippen LogP contribution in [0, 0.1) is 6.92 Å². The summed E-state index contributed by atoms with van der Waals surface area (Å²) in [6, 6.07) is 15.0. The largest absolute Gasteiger partial charge is 0.466 e. The van der Waals surface area contributed by atoms with Crippen LogP contribution >= 0.6 is 11.6 Å². The molecule has 0 aliphatic carbocycles. The van der Waals surface area contributed by atoms with Crippen LogP contribution in [-0.4, -0.2) is 46.4 Å². The molecular weight excluding hydrogens is 452 g/mol. The Morgan fingerprint density at radius 1 is 1.03 bits per heavy atom. The highest BCUT2D eigenvalue weighted by molar-refractivity contribution is 6.30. The Labute approximate surface area is 204 Å². The molecule has 2 aromatic carbocycles. The van der Waals surface area contributed by atoms with E-state index in [-0.39, 0.29) is 18.3 Å². The molecule has 0 saturated carbocycles. The van der Waals surface area contributed by atoms with E-state index in [0.29, 0.717) is 17.3 Å². The minimum absolute atomic E-state index is 0.208. The molecule has 2 heterocycles. The third-order valence-electron chi connectivity index (χ3n) is 5.91. The number of hydrazine groups is 1. The van der Waals surface area contributed by atoms with Crippen molar-refractivity contribution in [2.24, 2.45) is 0 Å². The number of hydrogen-bond acceptors (Lipinski definition) is 5. The van der Waals surface area contributed by atoms with Gasteiger partial charge in [-0.3, -0.25) is 15.0 Å². The lowest BCUT2D eigenvalue weighted by Crippen LogP contribution is -2.45. The monoisotopic (exact) mass is 480 g/mol. The number of aromatic nitrogens is 2. The van der Waals surface area contributed by atoms with E-state index in [1.807, 2.05) is 60.5 Å². The molecule has 8 heteroatoms. The van der Waals surface area contributed by atoms with Gasteiger partial charge in [0.25, 0.3) is 5.91 Å². The second kappa shape index (κ2) is 10.8. The van der Waals surface area contributed by atoms with Crippen LogP contribution in [0.5, 0.6) is 0 Å². The van der Waals surface area contributed by atoms with Gasteiger partial charge in [-0.05, 0) is 56.5 Å². The van der Waals surface area contributed by atoms with Gasteiger partial charge in [-0.1, -0.05) is 42.3 Å². The van der Waals surface area contributed by atoms with Crippen LogP contribution in [0.25, 0.3) is 16.9 Å². The highest BCUT2D eigenvalue weighted by Crippen LogP contribution is 2.30. The zero-order valence-electron chi connectivity index (χ0n) is 19.5. The molecule has 1 aliphatic heterocycles. The molecule has 0 unspecified atom stereocenters. The number of ether oxygens (including phenoxy) is 1. The van der Waals surface area contributed by atoms with Crippen molar-refractivity contribution in [3.8, 4) is 16.9 Å². The van der Waals surface area contributed by atoms with E-state index < -0.39 is 0 Å². The fraction of sp³-hybridized carbons (Fsp3) is 0.346. The van der Waals surface area contributed by atoms with E-state index in [0.717, 1.165) is 54.0 Å². The van der Waals surface area contributed by atoms with Crippen molar-refractivity contribution in [2.75, 3.05) is 19.7 Å². The highest BCUT2D eigenvalue weighted by Gasteiger charge is 2.24. The number of amides is 1. The van der Waals surface area contributed by atoms with Gasteiger partial charge in [-0.25, -0.2) is 9.69 Å². The molecule has 7 nitrogen and oxygen atoms in total. The molecule has 0 atom stereocenters. The van der Waals surface area contributed by atoms with Crippen LogP contribution < -0.4 is 5.43 Å². The zero-order valence-corrected chi connectivity index (χ0v) is 20.3. The molecule has 1 amide bonds. The average molecular weight is 481 g/mol. The van der Waals surface area contributed by atoms with Gasteiger partial charge in [-0.15, -0.1) is 0 Å². The number of benzene rings is 2. The Bertz CT molecular complexity index is 1150. The standard InChI is InChI=1S/C26H29ClN4O3/c1-3-34-23(32)17-19-7-13-22(14-8-19)31-25(20-9-11-21(27)12-10-20)18(2)24(28-31)26(33)29-30-15-5-4-6-16-30/h7-14H,3-6,15-17H2,1-2H3,(H,29,33). The van der Waals surface area contributed by atoms with Crippen molar-refractivity contribution >= 4 is 23.5 Å². The van der Waals surface area contributed by atoms with E-state index in [4.69, 9.17) is 21.4 Å². The summed E-state index contributed by atoms with van der Waals surface area (Å²) in [5.74, 6) is -0.476. The smallest absolute Gasteiger partial charge is 0.310 e. The molecular formula is C26H29ClN4O3. The fourth-order valence-corrected chi connectivity index (χ4v) is 4.31. The first-order valence-electron chi connectivity index (χ1n) is 11.6. The quantitative estimate of drug-likeness (QED) is 0.494. The van der Waals surface area contributed by atoms with E-state index >= 15 is 0 Å². The SMILES string of the molecule is CCOC(=O)Cc1ccc(-n2nc(C(=O)NN3CCCCC3)c(C)c2-c2ccc(Cl)cc2)cc1. The Balaban J connectivity index is 1.69. The molecule has 0 spiro atoms. The minimum Gasteiger partial charge on any atom is -0.466 e. The normalized spacial score (nSPS) is 14.1. The number of piperidine rings is 1. The third kappa shape index (κ3) is 5.48. The molecule has 178 valence electrons. The second-order valence-corrected chi connectivity index (χ2v) is 8.81. The second-order valence-electron chi connectivity index (χ2n) is 8.38. The topological polar surface area (TPSA) is 76.5 Å². The molecule has 1 aliphatic rings. The average Bonchev–Trinajstić information content (AvgIpc) is 3.18. The summed E-state index contributed by atoms with van der Waals surface area (Å²) < 4.78 is 6.81. The number of esters is 1. The van der Waals surface area contributed by atoms with Crippen LogP contribution in [0.2, 0.25) is 5.02 Å². The van der Waals surface area contributed by atoms with E-state index in [2.05, 4.69) is 5.43 Å². The van der Waals surface area contributed by atoms with Crippen molar-refractivity contribution in [1.82, 2.24) is 20.2 Å². The summed E-state index contributed by atoms with van der Waals surface area (Å²) in [7, 11) is 0. The van der Waals surface area contributed by atoms with E-state index in [1.165, 1.54) is 6.42 Å². The maximum Gasteiger partial charge on any atom is 0.310 e. The van der Waals surface area contributed by atoms with Crippen LogP contribution in [0.1, 0.15) is 47.8 Å². The number of rotatable bonds is 7. The fourth-order valence-electron chi connectivity index (χ4n) is 4.18. The van der Waals surface area contributed by atoms with E-state index in [9.17, 15) is 9.59 Å². The van der Waals surface area contributed by atoms with Crippen LogP contribution in [-0.2, 0) is 16.0 Å². The maximum atomic E-state index is 13.2. The van der Waals surface area contributed by atoms with Crippen molar-refractivity contribution in [3.05, 3.63) is 70.4 Å². The molecule has 0 radical (unpaired) electrons. The summed E-state index contributed by atoms with van der Waals surface area (Å²) in [5.41, 5.74) is 7.54. The number of carbonyl (C=O) groups excluding carboxylic acids is 2. The predicted octanol–water partition coefficient (Wildman–Crippen LogP) is 4.74. The number of nitrogens with zero attached hydrogens (tertiary/aromatic N) is 3. The Kier molecular flexibility index (Phi) is 7.65. The van der Waals surface area contributed by atoms with Gasteiger partial charge >= 0.3 is 5.97 Å². The number of carbonyl (C=O) groups is 2. The van der Waals surface area contributed by atoms with Gasteiger partial charge < -0.3 is 4.74 Å². The molecule has 1 aromatic heterocycles. The van der Waals surface area contributed by atoms with Gasteiger partial charge in [0, 0.05) is 29.2 Å². The van der Waals surface area contributed by atoms with Crippen LogP contribution in [0.15, 0.2) is 48.5 Å².